The average molecular weight is 227 g/mol. The lowest BCUT2D eigenvalue weighted by Crippen LogP contribution is -2.30. The maximum atomic E-state index is 3.85. The van der Waals surface area contributed by atoms with Crippen LogP contribution in [0.15, 0.2) is 0 Å². The Labute approximate surface area is 94.0 Å². The Balaban J connectivity index is 1.62. The quantitative estimate of drug-likeness (QED) is 0.834. The van der Waals surface area contributed by atoms with E-state index >= 15 is 0 Å². The van der Waals surface area contributed by atoms with Crippen molar-refractivity contribution < 1.29 is 0 Å². The van der Waals surface area contributed by atoms with Crippen LogP contribution in [0.1, 0.15) is 19.3 Å². The third-order valence-electron chi connectivity index (χ3n) is 2.97. The molecule has 84 valence electrons. The molecule has 1 aromatic heterocycles. The van der Waals surface area contributed by atoms with Crippen LogP contribution in [0.3, 0.4) is 0 Å². The number of anilines is 1. The van der Waals surface area contributed by atoms with Gasteiger partial charge >= 0.3 is 0 Å². The summed E-state index contributed by atoms with van der Waals surface area (Å²) in [4.78, 5) is 2.40. The summed E-state index contributed by atoms with van der Waals surface area (Å²) in [7, 11) is 2.20. The van der Waals surface area contributed by atoms with Gasteiger partial charge in [0.2, 0.25) is 5.13 Å². The Morgan fingerprint density at radius 3 is 2.93 bits per heavy atom. The van der Waals surface area contributed by atoms with Crippen molar-refractivity contribution in [3.05, 3.63) is 0 Å². The zero-order valence-corrected chi connectivity index (χ0v) is 9.83. The first-order chi connectivity index (χ1) is 7.34. The average Bonchev–Trinajstić information content (AvgIpc) is 2.74. The first-order valence-corrected chi connectivity index (χ1v) is 6.19. The molecule has 0 atom stereocenters. The van der Waals surface area contributed by atoms with Crippen molar-refractivity contribution in [2.24, 2.45) is 5.92 Å². The minimum absolute atomic E-state index is 0.836. The number of nitrogens with zero attached hydrogens (tertiary/aromatic N) is 4. The predicted octanol–water partition coefficient (Wildman–Crippen LogP) is 1.08. The van der Waals surface area contributed by atoms with Crippen molar-refractivity contribution in [3.63, 3.8) is 0 Å². The molecule has 1 saturated heterocycles. The van der Waals surface area contributed by atoms with Gasteiger partial charge in [0.05, 0.1) is 0 Å². The van der Waals surface area contributed by atoms with Gasteiger partial charge in [-0.1, -0.05) is 9.59 Å². The van der Waals surface area contributed by atoms with Crippen molar-refractivity contribution >= 4 is 16.7 Å². The minimum Gasteiger partial charge on any atom is -0.359 e. The van der Waals surface area contributed by atoms with Gasteiger partial charge in [-0.15, -0.1) is 0 Å². The molecule has 15 heavy (non-hydrogen) atoms. The summed E-state index contributed by atoms with van der Waals surface area (Å²) in [5.41, 5.74) is 0. The van der Waals surface area contributed by atoms with E-state index in [1.54, 1.807) is 0 Å². The summed E-state index contributed by atoms with van der Waals surface area (Å²) in [6.45, 7) is 3.47. The maximum absolute atomic E-state index is 3.85. The van der Waals surface area contributed by atoms with Crippen molar-refractivity contribution in [1.82, 2.24) is 19.7 Å². The van der Waals surface area contributed by atoms with E-state index in [-0.39, 0.29) is 0 Å². The molecular weight excluding hydrogens is 210 g/mol. The SMILES string of the molecule is CN1CCC(CCNc2nnns2)CC1. The van der Waals surface area contributed by atoms with Gasteiger partial charge in [0.1, 0.15) is 0 Å². The van der Waals surface area contributed by atoms with Crippen molar-refractivity contribution in [1.29, 1.82) is 0 Å². The van der Waals surface area contributed by atoms with Crippen molar-refractivity contribution in [2.75, 3.05) is 32.0 Å². The second-order valence-corrected chi connectivity index (χ2v) is 4.86. The van der Waals surface area contributed by atoms with E-state index in [9.17, 15) is 0 Å². The summed E-state index contributed by atoms with van der Waals surface area (Å²) < 4.78 is 3.71. The van der Waals surface area contributed by atoms with Crippen LogP contribution in [0, 0.1) is 5.92 Å². The molecule has 0 bridgehead atoms. The summed E-state index contributed by atoms with van der Waals surface area (Å²) in [5, 5.41) is 11.5. The molecule has 0 aromatic carbocycles. The van der Waals surface area contributed by atoms with Crippen LogP contribution in [0.4, 0.5) is 5.13 Å². The molecule has 0 unspecified atom stereocenters. The van der Waals surface area contributed by atoms with Gasteiger partial charge in [0.15, 0.2) is 0 Å². The second kappa shape index (κ2) is 5.37. The van der Waals surface area contributed by atoms with Gasteiger partial charge in [0, 0.05) is 18.1 Å². The van der Waals surface area contributed by atoms with Crippen molar-refractivity contribution in [3.8, 4) is 0 Å². The molecule has 0 aliphatic carbocycles. The fraction of sp³-hybridized carbons (Fsp3) is 0.889. The van der Waals surface area contributed by atoms with Crippen LogP contribution in [-0.2, 0) is 0 Å². The van der Waals surface area contributed by atoms with E-state index in [4.69, 9.17) is 0 Å². The highest BCUT2D eigenvalue weighted by atomic mass is 32.1. The third-order valence-corrected chi connectivity index (χ3v) is 3.52. The van der Waals surface area contributed by atoms with Gasteiger partial charge in [-0.2, -0.15) is 0 Å². The van der Waals surface area contributed by atoms with Crippen LogP contribution in [0.5, 0.6) is 0 Å². The molecular formula is C9H17N5S. The molecule has 0 amide bonds. The maximum Gasteiger partial charge on any atom is 0.225 e. The fourth-order valence-electron chi connectivity index (χ4n) is 1.94. The minimum atomic E-state index is 0.836. The lowest BCUT2D eigenvalue weighted by Gasteiger charge is -2.28. The Morgan fingerprint density at radius 2 is 2.27 bits per heavy atom. The molecule has 1 N–H and O–H groups in total. The lowest BCUT2D eigenvalue weighted by atomic mass is 9.94. The van der Waals surface area contributed by atoms with Gasteiger partial charge in [-0.3, -0.25) is 0 Å². The molecule has 6 heteroatoms. The highest BCUT2D eigenvalue weighted by Gasteiger charge is 2.15. The molecule has 1 aromatic rings. The first-order valence-electron chi connectivity index (χ1n) is 5.42. The standard InChI is InChI=1S/C9H17N5S/c1-14-6-3-8(4-7-14)2-5-10-9-11-12-13-15-9/h8H,2-7H2,1H3,(H,10,11,13). The number of nitrogens with one attached hydrogen (secondary N) is 1. The van der Waals surface area contributed by atoms with Gasteiger partial charge < -0.3 is 10.2 Å². The molecule has 2 heterocycles. The van der Waals surface area contributed by atoms with Gasteiger partial charge in [-0.05, 0) is 50.5 Å². The smallest absolute Gasteiger partial charge is 0.225 e. The number of likely N-dealkylation sites (tertiary alicyclic amines) is 1. The van der Waals surface area contributed by atoms with Crippen LogP contribution >= 0.6 is 11.5 Å². The number of piperidine rings is 1. The largest absolute Gasteiger partial charge is 0.359 e. The highest BCUT2D eigenvalue weighted by Crippen LogP contribution is 2.19. The highest BCUT2D eigenvalue weighted by molar-refractivity contribution is 7.09. The topological polar surface area (TPSA) is 53.9 Å². The molecule has 0 spiro atoms. The van der Waals surface area contributed by atoms with Crippen molar-refractivity contribution in [2.45, 2.75) is 19.3 Å². The summed E-state index contributed by atoms with van der Waals surface area (Å²) in [6.07, 6.45) is 3.88. The Kier molecular flexibility index (Phi) is 3.85. The van der Waals surface area contributed by atoms with Crippen LogP contribution < -0.4 is 5.32 Å². The van der Waals surface area contributed by atoms with E-state index < -0.39 is 0 Å². The molecule has 1 aliphatic rings. The van der Waals surface area contributed by atoms with E-state index in [0.29, 0.717) is 0 Å². The number of aromatic nitrogens is 3. The van der Waals surface area contributed by atoms with Crippen LogP contribution in [0.2, 0.25) is 0 Å². The van der Waals surface area contributed by atoms with E-state index in [2.05, 4.69) is 32.1 Å². The molecule has 1 fully saturated rings. The monoisotopic (exact) mass is 227 g/mol. The van der Waals surface area contributed by atoms with E-state index in [1.807, 2.05) is 0 Å². The zero-order valence-electron chi connectivity index (χ0n) is 9.02. The normalized spacial score (nSPS) is 19.3. The molecule has 5 nitrogen and oxygen atoms in total. The molecule has 1 aliphatic heterocycles. The number of hydrogen-bond donors (Lipinski definition) is 1. The van der Waals surface area contributed by atoms with Crippen LogP contribution in [-0.4, -0.2) is 46.4 Å². The zero-order chi connectivity index (χ0) is 10.5. The fourth-order valence-corrected chi connectivity index (χ4v) is 2.33. The molecule has 0 radical (unpaired) electrons. The van der Waals surface area contributed by atoms with Crippen LogP contribution in [0.25, 0.3) is 0 Å². The Bertz CT molecular complexity index is 268. The third kappa shape index (κ3) is 3.39. The van der Waals surface area contributed by atoms with E-state index in [1.165, 1.54) is 43.9 Å². The Hall–Kier alpha value is -0.750. The summed E-state index contributed by atoms with van der Waals surface area (Å²) in [6, 6.07) is 0. The molecule has 2 rings (SSSR count). The van der Waals surface area contributed by atoms with Gasteiger partial charge in [-0.25, -0.2) is 0 Å². The number of rotatable bonds is 4. The predicted molar refractivity (Wildman–Crippen MR) is 61.0 cm³/mol. The molecule has 0 saturated carbocycles. The second-order valence-electron chi connectivity index (χ2n) is 4.13. The van der Waals surface area contributed by atoms with Gasteiger partial charge in [0.25, 0.3) is 0 Å². The lowest BCUT2D eigenvalue weighted by molar-refractivity contribution is 0.215. The van der Waals surface area contributed by atoms with E-state index in [0.717, 1.165) is 17.6 Å². The summed E-state index contributed by atoms with van der Waals surface area (Å²) in [5.74, 6) is 0.870. The Morgan fingerprint density at radius 1 is 1.47 bits per heavy atom. The number of hydrogen-bond acceptors (Lipinski definition) is 6. The summed E-state index contributed by atoms with van der Waals surface area (Å²) >= 11 is 1.32. The first kappa shape index (κ1) is 10.8.